The van der Waals surface area contributed by atoms with Gasteiger partial charge in [-0.15, -0.1) is 0 Å². The molecule has 5 nitrogen and oxygen atoms in total. The van der Waals surface area contributed by atoms with Crippen LogP contribution in [0.2, 0.25) is 0 Å². The van der Waals surface area contributed by atoms with Crippen LogP contribution in [0.4, 0.5) is 0 Å². The molecule has 0 atom stereocenters. The second kappa shape index (κ2) is 10.5. The predicted molar refractivity (Wildman–Crippen MR) is 194 cm³/mol. The maximum Gasteiger partial charge on any atom is 0.164 e. The molecule has 0 saturated carbocycles. The largest absolute Gasteiger partial charge is 0.456 e. The Morgan fingerprint density at radius 3 is 1.77 bits per heavy atom. The number of hydrogen-bond acceptors (Lipinski definition) is 5. The monoisotopic (exact) mass is 615 g/mol. The van der Waals surface area contributed by atoms with Crippen LogP contribution in [0.5, 0.6) is 0 Å². The number of fused-ring (bicyclic) bond motifs is 8. The van der Waals surface area contributed by atoms with Gasteiger partial charge in [0.05, 0.1) is 0 Å². The summed E-state index contributed by atoms with van der Waals surface area (Å²) in [5.41, 5.74) is 8.13. The summed E-state index contributed by atoms with van der Waals surface area (Å²) in [5.74, 6) is 1.84. The molecule has 0 aliphatic carbocycles. The van der Waals surface area contributed by atoms with Gasteiger partial charge in [0.2, 0.25) is 0 Å². The Labute approximate surface area is 274 Å². The second-order valence-electron chi connectivity index (χ2n) is 12.0. The van der Waals surface area contributed by atoms with Crippen molar-refractivity contribution in [2.75, 3.05) is 0 Å². The third kappa shape index (κ3) is 4.15. The Balaban J connectivity index is 1.16. The molecular formula is C43H25N3O2. The minimum Gasteiger partial charge on any atom is -0.456 e. The van der Waals surface area contributed by atoms with E-state index < -0.39 is 0 Å². The Bertz CT molecular complexity index is 2780. The van der Waals surface area contributed by atoms with Crippen molar-refractivity contribution in [1.82, 2.24) is 15.0 Å². The van der Waals surface area contributed by atoms with E-state index in [0.717, 1.165) is 82.5 Å². The van der Waals surface area contributed by atoms with E-state index in [4.69, 9.17) is 23.8 Å². The molecular weight excluding hydrogens is 590 g/mol. The number of benzene rings is 7. The van der Waals surface area contributed by atoms with Crippen LogP contribution in [-0.4, -0.2) is 15.0 Å². The lowest BCUT2D eigenvalue weighted by atomic mass is 9.99. The van der Waals surface area contributed by atoms with Crippen molar-refractivity contribution in [2.24, 2.45) is 0 Å². The fourth-order valence-corrected chi connectivity index (χ4v) is 6.86. The summed E-state index contributed by atoms with van der Waals surface area (Å²) in [6, 6.07) is 51.5. The first kappa shape index (κ1) is 26.6. The molecule has 0 amide bonds. The van der Waals surface area contributed by atoms with Crippen molar-refractivity contribution >= 4 is 54.6 Å². The van der Waals surface area contributed by atoms with Gasteiger partial charge < -0.3 is 8.83 Å². The highest BCUT2D eigenvalue weighted by Crippen LogP contribution is 2.42. The molecule has 0 fully saturated rings. The van der Waals surface area contributed by atoms with Crippen LogP contribution in [0.25, 0.3) is 99.9 Å². The summed E-state index contributed by atoms with van der Waals surface area (Å²) < 4.78 is 13.2. The zero-order chi connectivity index (χ0) is 31.6. The molecule has 0 saturated heterocycles. The van der Waals surface area contributed by atoms with Gasteiger partial charge in [-0.2, -0.15) is 0 Å². The number of rotatable bonds is 4. The molecule has 7 aromatic carbocycles. The lowest BCUT2D eigenvalue weighted by Crippen LogP contribution is -2.00. The standard InChI is InChI=1S/C43H25N3O2/c1-3-12-27(13-4-1)41-44-42(28-14-5-2-6-15-28)46-43(45-41)35-19-10-20-36-38(35)34-24-22-29(25-37(34)47-36)31-17-9-18-32-33-23-21-26-11-7-8-16-30(26)39(33)48-40(31)32/h1-25H. The second-order valence-corrected chi connectivity index (χ2v) is 12.0. The van der Waals surface area contributed by atoms with Crippen LogP contribution < -0.4 is 0 Å². The number of nitrogens with zero attached hydrogens (tertiary/aromatic N) is 3. The Kier molecular flexibility index (Phi) is 5.81. The molecule has 10 rings (SSSR count). The van der Waals surface area contributed by atoms with Crippen molar-refractivity contribution in [3.63, 3.8) is 0 Å². The maximum absolute atomic E-state index is 6.64. The van der Waals surface area contributed by atoms with Crippen LogP contribution in [0, 0.1) is 0 Å². The van der Waals surface area contributed by atoms with Crippen LogP contribution in [0.15, 0.2) is 160 Å². The van der Waals surface area contributed by atoms with Gasteiger partial charge in [-0.1, -0.05) is 127 Å². The van der Waals surface area contributed by atoms with Gasteiger partial charge >= 0.3 is 0 Å². The summed E-state index contributed by atoms with van der Waals surface area (Å²) >= 11 is 0. The van der Waals surface area contributed by atoms with Gasteiger partial charge in [-0.3, -0.25) is 0 Å². The van der Waals surface area contributed by atoms with E-state index >= 15 is 0 Å². The minimum absolute atomic E-state index is 0.597. The zero-order valence-corrected chi connectivity index (χ0v) is 25.6. The lowest BCUT2D eigenvalue weighted by molar-refractivity contribution is 0.669. The fraction of sp³-hybridized carbons (Fsp3) is 0. The molecule has 0 N–H and O–H groups in total. The summed E-state index contributed by atoms with van der Waals surface area (Å²) in [6.07, 6.45) is 0. The van der Waals surface area contributed by atoms with Crippen LogP contribution in [0.1, 0.15) is 0 Å². The van der Waals surface area contributed by atoms with E-state index in [1.165, 1.54) is 0 Å². The Morgan fingerprint density at radius 1 is 0.354 bits per heavy atom. The highest BCUT2D eigenvalue weighted by Gasteiger charge is 2.19. The molecule has 3 aromatic heterocycles. The minimum atomic E-state index is 0.597. The van der Waals surface area contributed by atoms with Crippen molar-refractivity contribution < 1.29 is 8.83 Å². The molecule has 0 radical (unpaired) electrons. The van der Waals surface area contributed by atoms with Crippen molar-refractivity contribution in [1.29, 1.82) is 0 Å². The Morgan fingerprint density at radius 2 is 0.979 bits per heavy atom. The highest BCUT2D eigenvalue weighted by molar-refractivity contribution is 6.18. The van der Waals surface area contributed by atoms with Crippen LogP contribution in [-0.2, 0) is 0 Å². The van der Waals surface area contributed by atoms with Gasteiger partial charge in [-0.05, 0) is 35.2 Å². The SMILES string of the molecule is c1ccc(-c2nc(-c3ccccc3)nc(-c3cccc4oc5cc(-c6cccc7c6oc6c8ccccc8ccc76)ccc5c34)n2)cc1. The van der Waals surface area contributed by atoms with E-state index in [9.17, 15) is 0 Å². The quantitative estimate of drug-likeness (QED) is 0.197. The molecule has 5 heteroatoms. The van der Waals surface area contributed by atoms with E-state index in [2.05, 4.69) is 78.9 Å². The Hall–Kier alpha value is -6.59. The van der Waals surface area contributed by atoms with Crippen molar-refractivity contribution in [3.8, 4) is 45.3 Å². The van der Waals surface area contributed by atoms with Crippen LogP contribution >= 0.6 is 0 Å². The van der Waals surface area contributed by atoms with E-state index in [1.807, 2.05) is 72.8 Å². The normalized spacial score (nSPS) is 11.8. The third-order valence-corrected chi connectivity index (χ3v) is 9.14. The van der Waals surface area contributed by atoms with E-state index in [-0.39, 0.29) is 0 Å². The third-order valence-electron chi connectivity index (χ3n) is 9.14. The molecule has 48 heavy (non-hydrogen) atoms. The number of para-hydroxylation sites is 1. The summed E-state index contributed by atoms with van der Waals surface area (Å²) in [4.78, 5) is 14.9. The summed E-state index contributed by atoms with van der Waals surface area (Å²) in [6.45, 7) is 0. The average Bonchev–Trinajstić information content (AvgIpc) is 3.74. The molecule has 10 aromatic rings. The number of aromatic nitrogens is 3. The first-order chi connectivity index (χ1) is 23.8. The van der Waals surface area contributed by atoms with E-state index in [0.29, 0.717) is 17.5 Å². The summed E-state index contributed by atoms with van der Waals surface area (Å²) in [7, 11) is 0. The average molecular weight is 616 g/mol. The smallest absolute Gasteiger partial charge is 0.164 e. The number of hydrogen-bond donors (Lipinski definition) is 0. The molecule has 0 aliphatic heterocycles. The lowest BCUT2D eigenvalue weighted by Gasteiger charge is -2.09. The number of furan rings is 2. The summed E-state index contributed by atoms with van der Waals surface area (Å²) in [5, 5.41) is 6.45. The maximum atomic E-state index is 6.64. The highest BCUT2D eigenvalue weighted by atomic mass is 16.3. The van der Waals surface area contributed by atoms with E-state index in [1.54, 1.807) is 0 Å². The van der Waals surface area contributed by atoms with Gasteiger partial charge in [0, 0.05) is 49.2 Å². The predicted octanol–water partition coefficient (Wildman–Crippen LogP) is 11.5. The molecule has 224 valence electrons. The van der Waals surface area contributed by atoms with Gasteiger partial charge in [0.25, 0.3) is 0 Å². The fourth-order valence-electron chi connectivity index (χ4n) is 6.86. The van der Waals surface area contributed by atoms with Gasteiger partial charge in [-0.25, -0.2) is 15.0 Å². The first-order valence-corrected chi connectivity index (χ1v) is 15.9. The molecule has 0 unspecified atom stereocenters. The molecule has 0 bridgehead atoms. The van der Waals surface area contributed by atoms with Crippen LogP contribution in [0.3, 0.4) is 0 Å². The molecule has 0 spiro atoms. The van der Waals surface area contributed by atoms with Crippen molar-refractivity contribution in [3.05, 3.63) is 152 Å². The van der Waals surface area contributed by atoms with Gasteiger partial charge in [0.15, 0.2) is 17.5 Å². The first-order valence-electron chi connectivity index (χ1n) is 15.9. The molecule has 3 heterocycles. The molecule has 0 aliphatic rings. The zero-order valence-electron chi connectivity index (χ0n) is 25.6. The van der Waals surface area contributed by atoms with Crippen molar-refractivity contribution in [2.45, 2.75) is 0 Å². The topological polar surface area (TPSA) is 65.0 Å². The van der Waals surface area contributed by atoms with Gasteiger partial charge in [0.1, 0.15) is 22.3 Å².